The lowest BCUT2D eigenvalue weighted by Crippen LogP contribution is -2.50. The van der Waals surface area contributed by atoms with E-state index in [4.69, 9.17) is 4.42 Å². The van der Waals surface area contributed by atoms with Crippen LogP contribution in [-0.4, -0.2) is 42.1 Å². The largest absolute Gasteiger partial charge is 0.459 e. The molecule has 6 nitrogen and oxygen atoms in total. The molecule has 1 fully saturated rings. The van der Waals surface area contributed by atoms with E-state index >= 15 is 0 Å². The van der Waals surface area contributed by atoms with Crippen LogP contribution in [0.2, 0.25) is 0 Å². The number of furan rings is 1. The number of rotatable bonds is 3. The van der Waals surface area contributed by atoms with Crippen molar-refractivity contribution in [3.63, 3.8) is 0 Å². The van der Waals surface area contributed by atoms with E-state index in [1.807, 2.05) is 34.7 Å². The number of aryl methyl sites for hydroxylation is 2. The summed E-state index contributed by atoms with van der Waals surface area (Å²) >= 11 is 1.63. The summed E-state index contributed by atoms with van der Waals surface area (Å²) < 4.78 is 5.99. The van der Waals surface area contributed by atoms with Crippen LogP contribution in [0, 0.1) is 6.92 Å². The highest BCUT2D eigenvalue weighted by Gasteiger charge is 2.23. The number of anilines is 2. The molecule has 0 atom stereocenters. The Morgan fingerprint density at radius 2 is 2.12 bits per heavy atom. The maximum atomic E-state index is 12.7. The third-order valence-electron chi connectivity index (χ3n) is 4.88. The molecule has 0 unspecified atom stereocenters. The predicted molar refractivity (Wildman–Crippen MR) is 105 cm³/mol. The Morgan fingerprint density at radius 3 is 2.81 bits per heavy atom. The van der Waals surface area contributed by atoms with Crippen molar-refractivity contribution in [3.05, 3.63) is 41.1 Å². The van der Waals surface area contributed by atoms with Crippen LogP contribution in [0.4, 0.5) is 15.6 Å². The van der Waals surface area contributed by atoms with Crippen LogP contribution >= 0.6 is 11.3 Å². The molecule has 3 aromatic rings. The summed E-state index contributed by atoms with van der Waals surface area (Å²) in [6.07, 6.45) is 2.66. The lowest BCUT2D eigenvalue weighted by atomic mass is 10.1. The van der Waals surface area contributed by atoms with E-state index in [1.165, 1.54) is 0 Å². The fourth-order valence-corrected chi connectivity index (χ4v) is 4.09. The van der Waals surface area contributed by atoms with Gasteiger partial charge >= 0.3 is 6.03 Å². The van der Waals surface area contributed by atoms with Gasteiger partial charge in [0.15, 0.2) is 10.7 Å². The molecule has 4 rings (SSSR count). The van der Waals surface area contributed by atoms with Crippen LogP contribution < -0.4 is 10.2 Å². The number of benzene rings is 1. The Labute approximate surface area is 156 Å². The molecule has 0 spiro atoms. The Bertz CT molecular complexity index is 911. The molecule has 1 N–H and O–H groups in total. The van der Waals surface area contributed by atoms with Crippen LogP contribution in [0.15, 0.2) is 34.2 Å². The minimum absolute atomic E-state index is 0.0802. The van der Waals surface area contributed by atoms with Gasteiger partial charge in [-0.2, -0.15) is 0 Å². The van der Waals surface area contributed by atoms with Gasteiger partial charge in [0, 0.05) is 49.6 Å². The van der Waals surface area contributed by atoms with Crippen LogP contribution in [0.3, 0.4) is 0 Å². The average molecular weight is 370 g/mol. The first-order valence-electron chi connectivity index (χ1n) is 8.88. The molecule has 2 amide bonds. The highest BCUT2D eigenvalue weighted by molar-refractivity contribution is 7.13. The maximum absolute atomic E-state index is 12.7. The first-order valence-corrected chi connectivity index (χ1v) is 9.76. The number of piperazine rings is 1. The number of hydrogen-bond donors (Lipinski definition) is 1. The van der Waals surface area contributed by atoms with Crippen molar-refractivity contribution in [1.29, 1.82) is 0 Å². The quantitative estimate of drug-likeness (QED) is 0.753. The number of carbonyl (C=O) groups is 1. The monoisotopic (exact) mass is 370 g/mol. The zero-order valence-corrected chi connectivity index (χ0v) is 15.8. The number of hydrogen-bond acceptors (Lipinski definition) is 5. The van der Waals surface area contributed by atoms with Crippen molar-refractivity contribution in [3.8, 4) is 0 Å². The van der Waals surface area contributed by atoms with Crippen LogP contribution in [0.25, 0.3) is 11.0 Å². The summed E-state index contributed by atoms with van der Waals surface area (Å²) in [5, 5.41) is 7.09. The van der Waals surface area contributed by atoms with Gasteiger partial charge in [0.1, 0.15) is 5.76 Å². The number of nitrogens with zero attached hydrogens (tertiary/aromatic N) is 3. The van der Waals surface area contributed by atoms with Crippen molar-refractivity contribution < 1.29 is 9.21 Å². The molecule has 1 aromatic carbocycles. The minimum Gasteiger partial charge on any atom is -0.459 e. The van der Waals surface area contributed by atoms with Gasteiger partial charge in [-0.05, 0) is 18.6 Å². The molecular weight excluding hydrogens is 348 g/mol. The second kappa shape index (κ2) is 6.99. The van der Waals surface area contributed by atoms with Gasteiger partial charge in [0.2, 0.25) is 0 Å². The van der Waals surface area contributed by atoms with Gasteiger partial charge in [-0.15, -0.1) is 11.3 Å². The molecule has 1 saturated heterocycles. The molecule has 26 heavy (non-hydrogen) atoms. The first-order chi connectivity index (χ1) is 12.7. The van der Waals surface area contributed by atoms with Gasteiger partial charge in [0.25, 0.3) is 0 Å². The fourth-order valence-electron chi connectivity index (χ4n) is 3.40. The number of fused-ring (bicyclic) bond motifs is 1. The molecule has 136 valence electrons. The number of nitrogens with one attached hydrogen (secondary N) is 1. The SMILES string of the molecule is CCc1oc2c(NC(=O)N3CCN(c4nccs4)CC3)cccc2c1C. The summed E-state index contributed by atoms with van der Waals surface area (Å²) in [4.78, 5) is 21.1. The standard InChI is InChI=1S/C19H22N4O2S/c1-3-16-13(2)14-5-4-6-15(17(14)25-16)21-18(24)22-8-10-23(11-9-22)19-20-7-12-26-19/h4-7,12H,3,8-11H2,1-2H3,(H,21,24). The van der Waals surface area contributed by atoms with Gasteiger partial charge < -0.3 is 19.5 Å². The summed E-state index contributed by atoms with van der Waals surface area (Å²) in [5.74, 6) is 0.971. The molecule has 1 aliphatic heterocycles. The zero-order chi connectivity index (χ0) is 18.1. The molecule has 2 aromatic heterocycles. The highest BCUT2D eigenvalue weighted by Crippen LogP contribution is 2.31. The molecule has 0 bridgehead atoms. The topological polar surface area (TPSA) is 61.6 Å². The Kier molecular flexibility index (Phi) is 4.55. The van der Waals surface area contributed by atoms with Gasteiger partial charge in [-0.3, -0.25) is 0 Å². The van der Waals surface area contributed by atoms with E-state index in [0.717, 1.165) is 52.6 Å². The van der Waals surface area contributed by atoms with Gasteiger partial charge in [-0.1, -0.05) is 19.1 Å². The van der Waals surface area contributed by atoms with E-state index in [0.29, 0.717) is 13.1 Å². The molecule has 7 heteroatoms. The second-order valence-corrected chi connectivity index (χ2v) is 7.28. The lowest BCUT2D eigenvalue weighted by Gasteiger charge is -2.34. The van der Waals surface area contributed by atoms with Crippen molar-refractivity contribution in [2.24, 2.45) is 0 Å². The summed E-state index contributed by atoms with van der Waals surface area (Å²) in [5.41, 5.74) is 2.64. The molecule has 0 aliphatic carbocycles. The van der Waals surface area contributed by atoms with Crippen molar-refractivity contribution in [2.45, 2.75) is 20.3 Å². The van der Waals surface area contributed by atoms with E-state index in [9.17, 15) is 4.79 Å². The average Bonchev–Trinajstić information content (AvgIpc) is 3.31. The number of amides is 2. The van der Waals surface area contributed by atoms with E-state index in [2.05, 4.69) is 29.0 Å². The number of urea groups is 1. The van der Waals surface area contributed by atoms with Crippen molar-refractivity contribution >= 4 is 39.2 Å². The molecule has 3 heterocycles. The second-order valence-electron chi connectivity index (χ2n) is 6.40. The first kappa shape index (κ1) is 16.9. The number of thiazole rings is 1. The zero-order valence-electron chi connectivity index (χ0n) is 15.0. The normalized spacial score (nSPS) is 14.8. The third kappa shape index (κ3) is 3.03. The van der Waals surface area contributed by atoms with Gasteiger partial charge in [-0.25, -0.2) is 9.78 Å². The maximum Gasteiger partial charge on any atom is 0.322 e. The Morgan fingerprint density at radius 1 is 1.31 bits per heavy atom. The van der Waals surface area contributed by atoms with Crippen molar-refractivity contribution in [1.82, 2.24) is 9.88 Å². The molecule has 1 aliphatic rings. The fraction of sp³-hybridized carbons (Fsp3) is 0.368. The van der Waals surface area contributed by atoms with Crippen LogP contribution in [0.5, 0.6) is 0 Å². The smallest absolute Gasteiger partial charge is 0.322 e. The lowest BCUT2D eigenvalue weighted by molar-refractivity contribution is 0.208. The Balaban J connectivity index is 1.46. The number of aromatic nitrogens is 1. The molecule has 0 radical (unpaired) electrons. The number of carbonyl (C=O) groups excluding carboxylic acids is 1. The minimum atomic E-state index is -0.0802. The highest BCUT2D eigenvalue weighted by atomic mass is 32.1. The summed E-state index contributed by atoms with van der Waals surface area (Å²) in [7, 11) is 0. The van der Waals surface area contributed by atoms with Gasteiger partial charge in [0.05, 0.1) is 5.69 Å². The van der Waals surface area contributed by atoms with Crippen molar-refractivity contribution in [2.75, 3.05) is 36.4 Å². The predicted octanol–water partition coefficient (Wildman–Crippen LogP) is 4.11. The number of para-hydroxylation sites is 1. The van der Waals surface area contributed by atoms with E-state index in [-0.39, 0.29) is 6.03 Å². The molecular formula is C19H22N4O2S. The van der Waals surface area contributed by atoms with Crippen LogP contribution in [0.1, 0.15) is 18.2 Å². The van der Waals surface area contributed by atoms with Crippen LogP contribution in [-0.2, 0) is 6.42 Å². The summed E-state index contributed by atoms with van der Waals surface area (Å²) in [6.45, 7) is 7.09. The summed E-state index contributed by atoms with van der Waals surface area (Å²) in [6, 6.07) is 5.81. The Hall–Kier alpha value is -2.54. The molecule has 0 saturated carbocycles. The van der Waals surface area contributed by atoms with E-state index in [1.54, 1.807) is 11.3 Å². The third-order valence-corrected chi connectivity index (χ3v) is 5.71. The van der Waals surface area contributed by atoms with E-state index < -0.39 is 0 Å².